The summed E-state index contributed by atoms with van der Waals surface area (Å²) >= 11 is 0. The molecule has 1 rings (SSSR count). The van der Waals surface area contributed by atoms with E-state index in [2.05, 4.69) is 4.74 Å². The van der Waals surface area contributed by atoms with E-state index in [0.29, 0.717) is 5.56 Å². The lowest BCUT2D eigenvalue weighted by atomic mass is 10.1. The maximum atomic E-state index is 10.9. The molecule has 0 aliphatic heterocycles. The topological polar surface area (TPSA) is 89.6 Å². The fourth-order valence-corrected chi connectivity index (χ4v) is 1.16. The van der Waals surface area contributed by atoms with Gasteiger partial charge in [0.25, 0.3) is 0 Å². The summed E-state index contributed by atoms with van der Waals surface area (Å²) in [4.78, 5) is 21.6. The maximum Gasteiger partial charge on any atom is 0.337 e. The molecule has 0 spiro atoms. The number of hydrogen-bond donors (Lipinski definition) is 2. The van der Waals surface area contributed by atoms with Gasteiger partial charge >= 0.3 is 11.9 Å². The Morgan fingerprint density at radius 3 is 2.60 bits per heavy atom. The molecule has 0 saturated carbocycles. The van der Waals surface area contributed by atoms with Gasteiger partial charge in [0.05, 0.1) is 19.1 Å². The fourth-order valence-electron chi connectivity index (χ4n) is 1.16. The van der Waals surface area contributed by atoms with E-state index >= 15 is 0 Å². The number of methoxy groups -OCH3 is 1. The Bertz CT molecular complexity index is 400. The number of aromatic carboxylic acids is 1. The second-order valence-corrected chi connectivity index (χ2v) is 2.98. The highest BCUT2D eigenvalue weighted by Crippen LogP contribution is 2.14. The predicted octanol–water partition coefficient (Wildman–Crippen LogP) is 0.682. The van der Waals surface area contributed by atoms with E-state index in [1.165, 1.54) is 25.3 Å². The van der Waals surface area contributed by atoms with Crippen molar-refractivity contribution in [1.82, 2.24) is 0 Å². The summed E-state index contributed by atoms with van der Waals surface area (Å²) in [6, 6.07) is 4.37. The third-order valence-corrected chi connectivity index (χ3v) is 1.92. The number of nitrogens with two attached hydrogens (primary N) is 1. The molecule has 0 bridgehead atoms. The molecule has 5 nitrogen and oxygen atoms in total. The number of benzene rings is 1. The third-order valence-electron chi connectivity index (χ3n) is 1.92. The van der Waals surface area contributed by atoms with Crippen LogP contribution in [0, 0.1) is 0 Å². The summed E-state index contributed by atoms with van der Waals surface area (Å²) < 4.78 is 4.48. The highest BCUT2D eigenvalue weighted by atomic mass is 16.5. The average molecular weight is 209 g/mol. The van der Waals surface area contributed by atoms with E-state index in [1.807, 2.05) is 0 Å². The first-order valence-corrected chi connectivity index (χ1v) is 4.23. The van der Waals surface area contributed by atoms with E-state index in [4.69, 9.17) is 10.8 Å². The number of carboxylic acid groups (broad SMARTS) is 1. The molecule has 15 heavy (non-hydrogen) atoms. The maximum absolute atomic E-state index is 10.9. The van der Waals surface area contributed by atoms with E-state index in [-0.39, 0.29) is 17.7 Å². The molecule has 5 heteroatoms. The smallest absolute Gasteiger partial charge is 0.337 e. The van der Waals surface area contributed by atoms with Crippen LogP contribution >= 0.6 is 0 Å². The summed E-state index contributed by atoms with van der Waals surface area (Å²) in [6.07, 6.45) is 0.0839. The summed E-state index contributed by atoms with van der Waals surface area (Å²) in [5.41, 5.74) is 6.31. The summed E-state index contributed by atoms with van der Waals surface area (Å²) in [5.74, 6) is -1.48. The summed E-state index contributed by atoms with van der Waals surface area (Å²) in [5, 5.41) is 8.71. The number of ether oxygens (including phenoxy) is 1. The van der Waals surface area contributed by atoms with Crippen molar-refractivity contribution < 1.29 is 19.4 Å². The molecular formula is C10H11NO4. The van der Waals surface area contributed by atoms with Crippen molar-refractivity contribution in [2.75, 3.05) is 12.8 Å². The van der Waals surface area contributed by atoms with Crippen molar-refractivity contribution in [2.45, 2.75) is 6.42 Å². The van der Waals surface area contributed by atoms with E-state index in [1.54, 1.807) is 0 Å². The minimum absolute atomic E-state index is 0.0311. The Morgan fingerprint density at radius 2 is 2.13 bits per heavy atom. The number of nitrogen functional groups attached to an aromatic ring is 1. The number of anilines is 1. The molecule has 0 radical (unpaired) electrons. The Balaban J connectivity index is 2.91. The highest BCUT2D eigenvalue weighted by Gasteiger charge is 2.09. The van der Waals surface area contributed by atoms with Gasteiger partial charge in [-0.05, 0) is 17.7 Å². The number of carboxylic acids is 1. The van der Waals surface area contributed by atoms with Crippen LogP contribution in [0.1, 0.15) is 15.9 Å². The second kappa shape index (κ2) is 4.45. The predicted molar refractivity (Wildman–Crippen MR) is 53.5 cm³/mol. The Kier molecular flexibility index (Phi) is 3.28. The number of rotatable bonds is 3. The van der Waals surface area contributed by atoms with Crippen LogP contribution in [0.25, 0.3) is 0 Å². The lowest BCUT2D eigenvalue weighted by Crippen LogP contribution is -2.07. The SMILES string of the molecule is COC(=O)Cc1ccc(C(=O)O)c(N)c1. The minimum atomic E-state index is -1.09. The first kappa shape index (κ1) is 11.0. The molecule has 1 aromatic carbocycles. The quantitative estimate of drug-likeness (QED) is 0.564. The monoisotopic (exact) mass is 209 g/mol. The molecule has 0 unspecified atom stereocenters. The van der Waals surface area contributed by atoms with Crippen molar-refractivity contribution in [3.8, 4) is 0 Å². The van der Waals surface area contributed by atoms with Gasteiger partial charge in [-0.15, -0.1) is 0 Å². The number of carbonyl (C=O) groups is 2. The second-order valence-electron chi connectivity index (χ2n) is 2.98. The molecule has 0 aromatic heterocycles. The van der Waals surface area contributed by atoms with Gasteiger partial charge in [0.2, 0.25) is 0 Å². The Morgan fingerprint density at radius 1 is 1.47 bits per heavy atom. The van der Waals surface area contributed by atoms with Crippen molar-refractivity contribution in [3.05, 3.63) is 29.3 Å². The molecule has 80 valence electrons. The zero-order valence-electron chi connectivity index (χ0n) is 8.19. The molecule has 0 saturated heterocycles. The van der Waals surface area contributed by atoms with Crippen LogP contribution in [0.15, 0.2) is 18.2 Å². The van der Waals surface area contributed by atoms with Crippen LogP contribution in [-0.4, -0.2) is 24.2 Å². The van der Waals surface area contributed by atoms with Gasteiger partial charge in [-0.1, -0.05) is 6.07 Å². The third kappa shape index (κ3) is 2.70. The Labute approximate surface area is 86.5 Å². The molecule has 0 amide bonds. The molecule has 0 aliphatic carbocycles. The van der Waals surface area contributed by atoms with Crippen LogP contribution in [0.5, 0.6) is 0 Å². The first-order chi connectivity index (χ1) is 7.04. The summed E-state index contributed by atoms with van der Waals surface area (Å²) in [7, 11) is 1.29. The van der Waals surface area contributed by atoms with E-state index in [9.17, 15) is 9.59 Å². The van der Waals surface area contributed by atoms with Crippen LogP contribution in [0.4, 0.5) is 5.69 Å². The van der Waals surface area contributed by atoms with Gasteiger partial charge in [0, 0.05) is 5.69 Å². The van der Waals surface area contributed by atoms with Gasteiger partial charge in [-0.2, -0.15) is 0 Å². The average Bonchev–Trinajstić information content (AvgIpc) is 2.17. The largest absolute Gasteiger partial charge is 0.478 e. The fraction of sp³-hybridized carbons (Fsp3) is 0.200. The molecule has 0 atom stereocenters. The molecule has 1 aromatic rings. The van der Waals surface area contributed by atoms with Crippen LogP contribution < -0.4 is 5.73 Å². The van der Waals surface area contributed by atoms with Crippen LogP contribution in [0.3, 0.4) is 0 Å². The highest BCUT2D eigenvalue weighted by molar-refractivity contribution is 5.93. The van der Waals surface area contributed by atoms with Crippen molar-refractivity contribution in [2.24, 2.45) is 0 Å². The van der Waals surface area contributed by atoms with Gasteiger partial charge < -0.3 is 15.6 Å². The molecular weight excluding hydrogens is 198 g/mol. The standard InChI is InChI=1S/C10H11NO4/c1-15-9(12)5-6-2-3-7(10(13)14)8(11)4-6/h2-4H,5,11H2,1H3,(H,13,14). The number of esters is 1. The normalized spacial score (nSPS) is 9.67. The zero-order valence-corrected chi connectivity index (χ0v) is 8.19. The lowest BCUT2D eigenvalue weighted by Gasteiger charge is -2.04. The number of hydrogen-bond acceptors (Lipinski definition) is 4. The molecule has 3 N–H and O–H groups in total. The Hall–Kier alpha value is -2.04. The minimum Gasteiger partial charge on any atom is -0.478 e. The summed E-state index contributed by atoms with van der Waals surface area (Å²) in [6.45, 7) is 0. The van der Waals surface area contributed by atoms with Gasteiger partial charge in [0.1, 0.15) is 0 Å². The van der Waals surface area contributed by atoms with E-state index in [0.717, 1.165) is 0 Å². The van der Waals surface area contributed by atoms with Gasteiger partial charge in [-0.3, -0.25) is 4.79 Å². The van der Waals surface area contributed by atoms with Crippen molar-refractivity contribution >= 4 is 17.6 Å². The zero-order chi connectivity index (χ0) is 11.4. The van der Waals surface area contributed by atoms with Crippen molar-refractivity contribution in [3.63, 3.8) is 0 Å². The van der Waals surface area contributed by atoms with Crippen LogP contribution in [-0.2, 0) is 16.0 Å². The van der Waals surface area contributed by atoms with Crippen molar-refractivity contribution in [1.29, 1.82) is 0 Å². The van der Waals surface area contributed by atoms with Gasteiger partial charge in [0.15, 0.2) is 0 Å². The van der Waals surface area contributed by atoms with Crippen LogP contribution in [0.2, 0.25) is 0 Å². The first-order valence-electron chi connectivity index (χ1n) is 4.23. The van der Waals surface area contributed by atoms with Gasteiger partial charge in [-0.25, -0.2) is 4.79 Å². The molecule has 0 fully saturated rings. The molecule has 0 aliphatic rings. The molecule has 0 heterocycles. The van der Waals surface area contributed by atoms with E-state index < -0.39 is 11.9 Å². The lowest BCUT2D eigenvalue weighted by molar-refractivity contribution is -0.139. The number of carbonyl (C=O) groups excluding carboxylic acids is 1.